The van der Waals surface area contributed by atoms with Crippen molar-refractivity contribution in [2.45, 2.75) is 0 Å². The van der Waals surface area contributed by atoms with Crippen LogP contribution in [0.4, 0.5) is 12.9 Å². The summed E-state index contributed by atoms with van der Waals surface area (Å²) in [5.41, 5.74) is 0. The zero-order valence-electron chi connectivity index (χ0n) is 3.04. The van der Waals surface area contributed by atoms with Crippen LogP contribution in [-0.4, -0.2) is 7.54 Å². The fraction of sp³-hybridized carbons (Fsp3) is 0. The van der Waals surface area contributed by atoms with Crippen molar-refractivity contribution in [3.8, 4) is 0 Å². The molecule has 0 aliphatic carbocycles. The first-order valence-corrected chi connectivity index (χ1v) is 0.655. The molecule has 0 amide bonds. The molecule has 0 fully saturated rings. The van der Waals surface area contributed by atoms with Gasteiger partial charge >= 0.3 is 7.54 Å². The van der Waals surface area contributed by atoms with Gasteiger partial charge in [-0.2, -0.15) is 0 Å². The van der Waals surface area contributed by atoms with Gasteiger partial charge in [0.1, 0.15) is 0 Å². The van der Waals surface area contributed by atoms with Crippen molar-refractivity contribution in [2.75, 3.05) is 0 Å². The fourth-order valence-electron chi connectivity index (χ4n) is 0. The SMILES string of the molecule is FB(F)F.[CH3-].[Rh]. The van der Waals surface area contributed by atoms with Crippen LogP contribution in [0.15, 0.2) is 0 Å². The second-order valence-electron chi connectivity index (χ2n) is 0.247. The maximum absolute atomic E-state index is 9.67. The van der Waals surface area contributed by atoms with Crippen molar-refractivity contribution < 1.29 is 32.4 Å². The van der Waals surface area contributed by atoms with Gasteiger partial charge in [0.05, 0.1) is 0 Å². The third-order valence-electron chi connectivity index (χ3n) is 0. The van der Waals surface area contributed by atoms with Gasteiger partial charge in [-0.1, -0.05) is 0 Å². The van der Waals surface area contributed by atoms with Gasteiger partial charge < -0.3 is 7.43 Å². The number of halogens is 3. The van der Waals surface area contributed by atoms with Crippen LogP contribution in [0.25, 0.3) is 0 Å². The summed E-state index contributed by atoms with van der Waals surface area (Å²) in [5, 5.41) is 0. The summed E-state index contributed by atoms with van der Waals surface area (Å²) in [6, 6.07) is 0. The van der Waals surface area contributed by atoms with Crippen LogP contribution < -0.4 is 0 Å². The van der Waals surface area contributed by atoms with Crippen LogP contribution in [0.1, 0.15) is 0 Å². The van der Waals surface area contributed by atoms with Crippen LogP contribution in [0.3, 0.4) is 0 Å². The monoisotopic (exact) mass is 186 g/mol. The van der Waals surface area contributed by atoms with Crippen molar-refractivity contribution in [2.24, 2.45) is 0 Å². The summed E-state index contributed by atoms with van der Waals surface area (Å²) < 4.78 is 29.0. The van der Waals surface area contributed by atoms with Crippen molar-refractivity contribution in [3.63, 3.8) is 0 Å². The molecule has 0 nitrogen and oxygen atoms in total. The van der Waals surface area contributed by atoms with Crippen molar-refractivity contribution >= 4 is 7.54 Å². The standard InChI is InChI=1S/CH3.BF3.Rh/c;2-1(3)4;/h1H3;;/q-1;;. The summed E-state index contributed by atoms with van der Waals surface area (Å²) in [4.78, 5) is 0. The minimum atomic E-state index is -3.67. The van der Waals surface area contributed by atoms with Crippen LogP contribution in [-0.2, 0) is 19.5 Å². The van der Waals surface area contributed by atoms with E-state index in [1.165, 1.54) is 0 Å². The quantitative estimate of drug-likeness (QED) is 0.395. The second kappa shape index (κ2) is 9.08. The van der Waals surface area contributed by atoms with Crippen LogP contribution in [0, 0.1) is 7.43 Å². The molecular weight excluding hydrogens is 183 g/mol. The first-order valence-electron chi connectivity index (χ1n) is 0.655. The average Bonchev–Trinajstić information content (AvgIpc) is 0.811. The molecule has 1 radical (unpaired) electrons. The van der Waals surface area contributed by atoms with Crippen LogP contribution in [0.5, 0.6) is 0 Å². The minimum absolute atomic E-state index is 0. The van der Waals surface area contributed by atoms with E-state index in [4.69, 9.17) is 0 Å². The molecule has 0 rings (SSSR count). The van der Waals surface area contributed by atoms with Gasteiger partial charge in [-0.25, -0.2) is 0 Å². The molecule has 5 heteroatoms. The Morgan fingerprint density at radius 1 is 1.00 bits per heavy atom. The van der Waals surface area contributed by atoms with E-state index in [-0.39, 0.29) is 26.9 Å². The molecule has 0 saturated heterocycles. The van der Waals surface area contributed by atoms with Crippen molar-refractivity contribution in [3.05, 3.63) is 7.43 Å². The van der Waals surface area contributed by atoms with Gasteiger partial charge in [0.25, 0.3) is 0 Å². The number of hydrogen-bond acceptors (Lipinski definition) is 0. The predicted octanol–water partition coefficient (Wildman–Crippen LogP) is 1.33. The number of rotatable bonds is 0. The molecule has 0 aromatic carbocycles. The Morgan fingerprint density at radius 3 is 1.00 bits per heavy atom. The largest absolute Gasteiger partial charge is 0.762 e. The number of hydrogen-bond donors (Lipinski definition) is 0. The molecule has 6 heavy (non-hydrogen) atoms. The van der Waals surface area contributed by atoms with Gasteiger partial charge in [-0.3, -0.25) is 12.9 Å². The Balaban J connectivity index is -0.0000000450. The summed E-state index contributed by atoms with van der Waals surface area (Å²) in [6.45, 7) is 0. The van der Waals surface area contributed by atoms with Gasteiger partial charge in [-0.15, -0.1) is 0 Å². The van der Waals surface area contributed by atoms with Gasteiger partial charge in [0.15, 0.2) is 0 Å². The molecular formula is CH3BF3Rh-. The zero-order chi connectivity index (χ0) is 3.58. The van der Waals surface area contributed by atoms with E-state index >= 15 is 0 Å². The predicted molar refractivity (Wildman–Crippen MR) is 15.5 cm³/mol. The maximum atomic E-state index is 9.67. The Bertz CT molecular complexity index is 15.5. The third kappa shape index (κ3) is 237. The Kier molecular flexibility index (Phi) is 24.3. The maximum Gasteiger partial charge on any atom is 0.762 e. The molecule has 0 heterocycles. The molecule has 0 aliphatic rings. The van der Waals surface area contributed by atoms with E-state index in [1.54, 1.807) is 0 Å². The van der Waals surface area contributed by atoms with Crippen molar-refractivity contribution in [1.29, 1.82) is 0 Å². The molecule has 0 aromatic heterocycles. The summed E-state index contributed by atoms with van der Waals surface area (Å²) in [7, 11) is -3.67. The van der Waals surface area contributed by atoms with Gasteiger partial charge in [-0.05, 0) is 0 Å². The molecule has 0 aliphatic heterocycles. The second-order valence-corrected chi connectivity index (χ2v) is 0.247. The van der Waals surface area contributed by atoms with Crippen LogP contribution >= 0.6 is 0 Å². The van der Waals surface area contributed by atoms with Crippen LogP contribution in [0.2, 0.25) is 0 Å². The Labute approximate surface area is 48.1 Å². The Hall–Kier alpha value is 0.478. The van der Waals surface area contributed by atoms with Gasteiger partial charge in [0, 0.05) is 19.5 Å². The van der Waals surface area contributed by atoms with E-state index in [2.05, 4.69) is 0 Å². The molecule has 0 saturated carbocycles. The van der Waals surface area contributed by atoms with E-state index in [0.29, 0.717) is 0 Å². The molecule has 41 valence electrons. The van der Waals surface area contributed by atoms with E-state index in [0.717, 1.165) is 0 Å². The first kappa shape index (κ1) is 16.1. The average molecular weight is 186 g/mol. The van der Waals surface area contributed by atoms with E-state index < -0.39 is 7.54 Å². The summed E-state index contributed by atoms with van der Waals surface area (Å²) in [5.74, 6) is 0. The normalized spacial score (nSPS) is 4.50. The summed E-state index contributed by atoms with van der Waals surface area (Å²) in [6.07, 6.45) is 0. The molecule has 0 unspecified atom stereocenters. The van der Waals surface area contributed by atoms with Gasteiger partial charge in [0.2, 0.25) is 0 Å². The first-order chi connectivity index (χ1) is 1.73. The zero-order valence-corrected chi connectivity index (χ0v) is 4.68. The van der Waals surface area contributed by atoms with Crippen molar-refractivity contribution in [1.82, 2.24) is 0 Å². The summed E-state index contributed by atoms with van der Waals surface area (Å²) >= 11 is 0. The van der Waals surface area contributed by atoms with E-state index in [1.807, 2.05) is 0 Å². The molecule has 0 atom stereocenters. The molecule has 0 spiro atoms. The third-order valence-corrected chi connectivity index (χ3v) is 0. The topological polar surface area (TPSA) is 0 Å². The van der Waals surface area contributed by atoms with E-state index in [9.17, 15) is 12.9 Å². The molecule has 0 bridgehead atoms. The minimum Gasteiger partial charge on any atom is -0.358 e. The molecule has 0 N–H and O–H groups in total. The molecule has 0 aromatic rings. The Morgan fingerprint density at radius 2 is 1.00 bits per heavy atom. The smallest absolute Gasteiger partial charge is 0.358 e. The fourth-order valence-corrected chi connectivity index (χ4v) is 0.